The van der Waals surface area contributed by atoms with Crippen LogP contribution in [0.15, 0.2) is 24.3 Å². The molecule has 0 saturated carbocycles. The average molecular weight is 442 g/mol. The minimum absolute atomic E-state index is 0.123. The molecule has 170 valence electrons. The lowest BCUT2D eigenvalue weighted by atomic mass is 9.95. The fraction of sp³-hybridized carbons (Fsp3) is 0.619. The summed E-state index contributed by atoms with van der Waals surface area (Å²) in [5.74, 6) is -2.05. The maximum Gasteiger partial charge on any atom is 0.437 e. The van der Waals surface area contributed by atoms with E-state index in [1.54, 1.807) is 0 Å². The Morgan fingerprint density at radius 3 is 2.48 bits per heavy atom. The monoisotopic (exact) mass is 442 g/mol. The Hall–Kier alpha value is -2.17. The summed E-state index contributed by atoms with van der Waals surface area (Å²) in [5, 5.41) is 0. The zero-order chi connectivity index (χ0) is 22.1. The summed E-state index contributed by atoms with van der Waals surface area (Å²) in [5.41, 5.74) is -1.48. The van der Waals surface area contributed by atoms with Gasteiger partial charge in [-0.15, -0.1) is 0 Å². The second-order valence-electron chi connectivity index (χ2n) is 8.30. The average Bonchev–Trinajstić information content (AvgIpc) is 2.94. The van der Waals surface area contributed by atoms with Crippen LogP contribution < -0.4 is 4.90 Å². The van der Waals surface area contributed by atoms with Crippen molar-refractivity contribution in [2.24, 2.45) is 5.92 Å². The summed E-state index contributed by atoms with van der Waals surface area (Å²) in [6, 6.07) is 4.70. The predicted octanol–water partition coefficient (Wildman–Crippen LogP) is 2.20. The molecule has 3 aliphatic heterocycles. The van der Waals surface area contributed by atoms with Crippen molar-refractivity contribution < 1.29 is 37.0 Å². The summed E-state index contributed by atoms with van der Waals surface area (Å²) >= 11 is 0. The number of halogens is 3. The normalized spacial score (nSPS) is 27.4. The number of amides is 2. The summed E-state index contributed by atoms with van der Waals surface area (Å²) < 4.78 is 58.4. The highest BCUT2D eigenvalue weighted by Gasteiger charge is 2.58. The summed E-state index contributed by atoms with van der Waals surface area (Å²) in [7, 11) is 0. The van der Waals surface area contributed by atoms with E-state index in [1.165, 1.54) is 17.0 Å². The predicted molar refractivity (Wildman–Crippen MR) is 103 cm³/mol. The topological polar surface area (TPSA) is 68.3 Å². The Morgan fingerprint density at radius 2 is 1.77 bits per heavy atom. The number of carbonyl (C=O) groups excluding carboxylic acids is 2. The second kappa shape index (κ2) is 8.76. The zero-order valence-corrected chi connectivity index (χ0v) is 17.0. The van der Waals surface area contributed by atoms with E-state index in [-0.39, 0.29) is 50.4 Å². The molecule has 1 unspecified atom stereocenters. The maximum absolute atomic E-state index is 14.6. The smallest absolute Gasteiger partial charge is 0.381 e. The van der Waals surface area contributed by atoms with E-state index >= 15 is 0 Å². The molecular formula is C21H25F3N2O5. The molecule has 1 aromatic rings. The van der Waals surface area contributed by atoms with E-state index in [0.717, 1.165) is 29.9 Å². The van der Waals surface area contributed by atoms with Crippen molar-refractivity contribution in [3.63, 3.8) is 0 Å². The maximum atomic E-state index is 14.6. The second-order valence-corrected chi connectivity index (χ2v) is 8.30. The Kier molecular flexibility index (Phi) is 6.23. The Bertz CT molecular complexity index is 816. The molecular weight excluding hydrogens is 417 g/mol. The van der Waals surface area contributed by atoms with E-state index in [1.807, 2.05) is 0 Å². The van der Waals surface area contributed by atoms with Crippen LogP contribution in [0, 0.1) is 11.7 Å². The van der Waals surface area contributed by atoms with Crippen LogP contribution >= 0.6 is 0 Å². The minimum Gasteiger partial charge on any atom is -0.381 e. The molecule has 4 rings (SSSR count). The first-order chi connectivity index (χ1) is 14.8. The van der Waals surface area contributed by atoms with Crippen molar-refractivity contribution in [1.82, 2.24) is 4.90 Å². The van der Waals surface area contributed by atoms with Crippen molar-refractivity contribution in [2.45, 2.75) is 31.0 Å². The van der Waals surface area contributed by atoms with Gasteiger partial charge in [0.2, 0.25) is 5.91 Å². The van der Waals surface area contributed by atoms with Crippen LogP contribution in [-0.2, 0) is 23.8 Å². The number of hydrogen-bond donors (Lipinski definition) is 0. The van der Waals surface area contributed by atoms with Crippen LogP contribution in [-0.4, -0.2) is 74.5 Å². The third kappa shape index (κ3) is 4.86. The number of morpholine rings is 1. The molecule has 0 bridgehead atoms. The molecule has 3 heterocycles. The lowest BCUT2D eigenvalue weighted by Gasteiger charge is -2.45. The number of benzene rings is 1. The highest BCUT2D eigenvalue weighted by molar-refractivity contribution is 5.98. The van der Waals surface area contributed by atoms with Crippen LogP contribution in [0.2, 0.25) is 0 Å². The summed E-state index contributed by atoms with van der Waals surface area (Å²) in [6.45, 7) is 1.08. The van der Waals surface area contributed by atoms with Gasteiger partial charge in [0.05, 0.1) is 26.3 Å². The van der Waals surface area contributed by atoms with Crippen LogP contribution in [0.5, 0.6) is 0 Å². The molecule has 0 aliphatic carbocycles. The fourth-order valence-corrected chi connectivity index (χ4v) is 4.30. The molecule has 2 amide bonds. The van der Waals surface area contributed by atoms with Crippen molar-refractivity contribution in [2.75, 3.05) is 51.0 Å². The Morgan fingerprint density at radius 1 is 1.06 bits per heavy atom. The third-order valence-corrected chi connectivity index (χ3v) is 5.93. The molecule has 31 heavy (non-hydrogen) atoms. The number of nitrogens with zero attached hydrogens (tertiary/aromatic N) is 2. The van der Waals surface area contributed by atoms with Gasteiger partial charge in [0.1, 0.15) is 11.4 Å². The van der Waals surface area contributed by atoms with E-state index in [0.29, 0.717) is 19.6 Å². The minimum atomic E-state index is -4.10. The number of ether oxygens (including phenoxy) is 3. The molecule has 0 radical (unpaired) electrons. The highest BCUT2D eigenvalue weighted by atomic mass is 19.3. The first-order valence-corrected chi connectivity index (χ1v) is 10.4. The molecule has 3 fully saturated rings. The molecule has 7 nitrogen and oxygen atoms in total. The lowest BCUT2D eigenvalue weighted by Crippen LogP contribution is -2.66. The van der Waals surface area contributed by atoms with Crippen molar-refractivity contribution in [3.8, 4) is 0 Å². The molecule has 3 saturated heterocycles. The van der Waals surface area contributed by atoms with Crippen molar-refractivity contribution >= 4 is 17.5 Å². The molecule has 1 atom stereocenters. The van der Waals surface area contributed by atoms with Gasteiger partial charge in [0.25, 0.3) is 0 Å². The van der Waals surface area contributed by atoms with Gasteiger partial charge < -0.3 is 19.3 Å². The van der Waals surface area contributed by atoms with Crippen molar-refractivity contribution in [1.29, 1.82) is 0 Å². The van der Waals surface area contributed by atoms with Crippen LogP contribution in [0.25, 0.3) is 0 Å². The number of hydrogen-bond acceptors (Lipinski definition) is 5. The molecule has 0 N–H and O–H groups in total. The van der Waals surface area contributed by atoms with E-state index in [2.05, 4.69) is 0 Å². The van der Waals surface area contributed by atoms with Gasteiger partial charge in [-0.2, -0.15) is 8.78 Å². The zero-order valence-electron chi connectivity index (χ0n) is 17.0. The van der Waals surface area contributed by atoms with E-state index < -0.39 is 23.4 Å². The first kappa shape index (κ1) is 22.0. The van der Waals surface area contributed by atoms with E-state index in [4.69, 9.17) is 14.2 Å². The lowest BCUT2D eigenvalue weighted by molar-refractivity contribution is -0.293. The van der Waals surface area contributed by atoms with E-state index in [9.17, 15) is 22.8 Å². The van der Waals surface area contributed by atoms with Gasteiger partial charge in [0.15, 0.2) is 0 Å². The highest BCUT2D eigenvalue weighted by Crippen LogP contribution is 2.37. The SMILES string of the molecule is O=C(CC1CCOCC1)N1CCOCC2(C1)CN(c1ccc(F)cc1)C(=O)C(F)(F)O2. The third-order valence-electron chi connectivity index (χ3n) is 5.93. The van der Waals surface area contributed by atoms with Gasteiger partial charge in [-0.25, -0.2) is 4.39 Å². The molecule has 1 spiro atoms. The van der Waals surface area contributed by atoms with Gasteiger partial charge in [-0.05, 0) is 43.0 Å². The first-order valence-electron chi connectivity index (χ1n) is 10.4. The Labute approximate surface area is 178 Å². The van der Waals surface area contributed by atoms with Crippen LogP contribution in [0.4, 0.5) is 18.9 Å². The summed E-state index contributed by atoms with van der Waals surface area (Å²) in [6.07, 6.45) is -2.24. The molecule has 3 aliphatic rings. The molecule has 0 aromatic heterocycles. The number of alkyl halides is 2. The van der Waals surface area contributed by atoms with Crippen LogP contribution in [0.1, 0.15) is 19.3 Å². The summed E-state index contributed by atoms with van der Waals surface area (Å²) in [4.78, 5) is 27.6. The van der Waals surface area contributed by atoms with Gasteiger partial charge in [0, 0.05) is 31.9 Å². The Balaban J connectivity index is 1.55. The van der Waals surface area contributed by atoms with Crippen molar-refractivity contribution in [3.05, 3.63) is 30.1 Å². The standard InChI is InChI=1S/C21H25F3N2O5/c22-16-1-3-17(4-2-16)26-13-20(31-21(23,24)19(26)28)12-25(7-10-30-14-20)18(27)11-15-5-8-29-9-6-15/h1-4,15H,5-14H2. The van der Waals surface area contributed by atoms with Gasteiger partial charge in [-0.3, -0.25) is 14.3 Å². The number of rotatable bonds is 3. The van der Waals surface area contributed by atoms with Crippen LogP contribution in [0.3, 0.4) is 0 Å². The molecule has 10 heteroatoms. The van der Waals surface area contributed by atoms with Gasteiger partial charge in [-0.1, -0.05) is 0 Å². The molecule has 1 aromatic carbocycles. The largest absolute Gasteiger partial charge is 0.437 e. The number of carbonyl (C=O) groups is 2. The fourth-order valence-electron chi connectivity index (χ4n) is 4.30. The quantitative estimate of drug-likeness (QED) is 0.718. The van der Waals surface area contributed by atoms with Gasteiger partial charge >= 0.3 is 12.0 Å². The number of anilines is 1.